The van der Waals surface area contributed by atoms with Gasteiger partial charge in [0, 0.05) is 9.75 Å². The van der Waals surface area contributed by atoms with Gasteiger partial charge in [0.1, 0.15) is 0 Å². The lowest BCUT2D eigenvalue weighted by molar-refractivity contribution is 0.753. The lowest BCUT2D eigenvalue weighted by Gasteiger charge is -2.21. The summed E-state index contributed by atoms with van der Waals surface area (Å²) in [7, 11) is 0. The molecule has 0 nitrogen and oxygen atoms in total. The molecule has 20 heavy (non-hydrogen) atoms. The summed E-state index contributed by atoms with van der Waals surface area (Å²) in [5, 5.41) is 0. The molecular formula is C16H16BrClS2. The fraction of sp³-hybridized carbons (Fsp3) is 0.375. The minimum Gasteiger partial charge on any atom is -0.133 e. The number of halogens is 2. The second-order valence-electron chi connectivity index (χ2n) is 5.20. The summed E-state index contributed by atoms with van der Waals surface area (Å²) >= 11 is 13.3. The summed E-state index contributed by atoms with van der Waals surface area (Å²) in [6.45, 7) is 4.40. The number of hydrogen-bond donors (Lipinski definition) is 0. The van der Waals surface area contributed by atoms with E-state index in [-0.39, 0.29) is 0 Å². The summed E-state index contributed by atoms with van der Waals surface area (Å²) in [4.78, 5) is 2.75. The van der Waals surface area contributed by atoms with Gasteiger partial charge in [0.25, 0.3) is 0 Å². The van der Waals surface area contributed by atoms with Crippen molar-refractivity contribution < 1.29 is 0 Å². The molecule has 0 fully saturated rings. The molecule has 2 aromatic rings. The maximum atomic E-state index is 6.20. The lowest BCUT2D eigenvalue weighted by atomic mass is 9.84. The Morgan fingerprint density at radius 2 is 1.50 bits per heavy atom. The van der Waals surface area contributed by atoms with Crippen molar-refractivity contribution >= 4 is 61.4 Å². The predicted octanol–water partition coefficient (Wildman–Crippen LogP) is 7.33. The van der Waals surface area contributed by atoms with Crippen molar-refractivity contribution in [3.8, 4) is 0 Å². The molecule has 0 aliphatic heterocycles. The van der Waals surface area contributed by atoms with Gasteiger partial charge in [-0.15, -0.1) is 22.7 Å². The van der Waals surface area contributed by atoms with E-state index in [1.807, 2.05) is 11.3 Å². The Hall–Kier alpha value is -0.0900. The largest absolute Gasteiger partial charge is 0.133 e. The van der Waals surface area contributed by atoms with Gasteiger partial charge < -0.3 is 0 Å². The van der Waals surface area contributed by atoms with Crippen LogP contribution in [0.25, 0.3) is 11.1 Å². The van der Waals surface area contributed by atoms with Crippen LogP contribution in [0, 0.1) is 13.8 Å². The second kappa shape index (κ2) is 5.96. The molecule has 0 atom stereocenters. The van der Waals surface area contributed by atoms with Crippen LogP contribution in [0.2, 0.25) is 4.34 Å². The fourth-order valence-corrected chi connectivity index (χ4v) is 5.93. The minimum absolute atomic E-state index is 0.901. The van der Waals surface area contributed by atoms with Crippen molar-refractivity contribution in [1.82, 2.24) is 0 Å². The third-order valence-corrected chi connectivity index (χ3v) is 6.63. The zero-order valence-corrected chi connectivity index (χ0v) is 15.5. The van der Waals surface area contributed by atoms with Crippen LogP contribution in [-0.4, -0.2) is 0 Å². The Morgan fingerprint density at radius 1 is 0.950 bits per heavy atom. The number of aryl methyl sites for hydroxylation is 2. The third-order valence-electron chi connectivity index (χ3n) is 3.89. The quantitative estimate of drug-likeness (QED) is 0.506. The highest BCUT2D eigenvalue weighted by Crippen LogP contribution is 2.44. The molecule has 1 aliphatic carbocycles. The van der Waals surface area contributed by atoms with E-state index in [4.69, 9.17) is 11.6 Å². The molecule has 0 bridgehead atoms. The molecule has 0 spiro atoms. The van der Waals surface area contributed by atoms with E-state index in [0.29, 0.717) is 0 Å². The van der Waals surface area contributed by atoms with E-state index in [1.54, 1.807) is 11.3 Å². The number of hydrogen-bond acceptors (Lipinski definition) is 2. The molecule has 0 radical (unpaired) electrons. The standard InChI is InChI=1S/C16H16BrClS2/c1-9-13(7-15(17)19-9)11-5-3-4-6-12(11)14-8-16(18)20-10(14)2/h7-8H,3-6H2,1-2H3. The molecule has 0 amide bonds. The van der Waals surface area contributed by atoms with Crippen molar-refractivity contribution in [1.29, 1.82) is 0 Å². The molecular weight excluding hydrogens is 372 g/mol. The zero-order chi connectivity index (χ0) is 14.3. The SMILES string of the molecule is Cc1sc(Cl)cc1C1=C(c2cc(Br)sc2C)CCCC1. The van der Waals surface area contributed by atoms with Crippen LogP contribution in [0.5, 0.6) is 0 Å². The van der Waals surface area contributed by atoms with E-state index in [0.717, 1.165) is 4.34 Å². The topological polar surface area (TPSA) is 0 Å². The van der Waals surface area contributed by atoms with Gasteiger partial charge in [-0.2, -0.15) is 0 Å². The average molecular weight is 388 g/mol. The molecule has 3 rings (SSSR count). The number of thiophene rings is 2. The molecule has 0 aromatic carbocycles. The molecule has 106 valence electrons. The first-order valence-electron chi connectivity index (χ1n) is 6.81. The van der Waals surface area contributed by atoms with Crippen molar-refractivity contribution in [2.24, 2.45) is 0 Å². The summed E-state index contributed by atoms with van der Waals surface area (Å²) in [6, 6.07) is 4.43. The molecule has 2 aromatic heterocycles. The van der Waals surface area contributed by atoms with E-state index in [2.05, 4.69) is 41.9 Å². The predicted molar refractivity (Wildman–Crippen MR) is 96.1 cm³/mol. The molecule has 0 unspecified atom stereocenters. The van der Waals surface area contributed by atoms with Gasteiger partial charge in [0.15, 0.2) is 0 Å². The van der Waals surface area contributed by atoms with E-state index >= 15 is 0 Å². The minimum atomic E-state index is 0.901. The zero-order valence-electron chi connectivity index (χ0n) is 11.6. The van der Waals surface area contributed by atoms with Gasteiger partial charge >= 0.3 is 0 Å². The third kappa shape index (κ3) is 2.78. The Labute approximate surface area is 141 Å². The van der Waals surface area contributed by atoms with Crippen LogP contribution in [-0.2, 0) is 0 Å². The van der Waals surface area contributed by atoms with Crippen molar-refractivity contribution in [2.45, 2.75) is 39.5 Å². The van der Waals surface area contributed by atoms with Crippen molar-refractivity contribution in [3.63, 3.8) is 0 Å². The highest BCUT2D eigenvalue weighted by Gasteiger charge is 2.21. The molecule has 1 aliphatic rings. The molecule has 2 heterocycles. The van der Waals surface area contributed by atoms with Gasteiger partial charge in [0.2, 0.25) is 0 Å². The van der Waals surface area contributed by atoms with E-state index in [9.17, 15) is 0 Å². The Bertz CT molecular complexity index is 620. The molecule has 4 heteroatoms. The van der Waals surface area contributed by atoms with Gasteiger partial charge in [-0.25, -0.2) is 0 Å². The first-order chi connectivity index (χ1) is 9.56. The van der Waals surface area contributed by atoms with Crippen LogP contribution in [0.4, 0.5) is 0 Å². The smallest absolute Gasteiger partial charge is 0.0937 e. The summed E-state index contributed by atoms with van der Waals surface area (Å²) in [6.07, 6.45) is 4.95. The number of rotatable bonds is 2. The summed E-state index contributed by atoms with van der Waals surface area (Å²) < 4.78 is 2.13. The highest BCUT2D eigenvalue weighted by atomic mass is 79.9. The first-order valence-corrected chi connectivity index (χ1v) is 9.61. The normalized spacial score (nSPS) is 16.0. The van der Waals surface area contributed by atoms with Gasteiger partial charge in [-0.05, 0) is 89.9 Å². The van der Waals surface area contributed by atoms with Crippen LogP contribution in [0.1, 0.15) is 46.6 Å². The molecule has 0 N–H and O–H groups in total. The van der Waals surface area contributed by atoms with Crippen LogP contribution in [0.15, 0.2) is 15.9 Å². The van der Waals surface area contributed by atoms with Crippen molar-refractivity contribution in [3.05, 3.63) is 41.1 Å². The van der Waals surface area contributed by atoms with Crippen LogP contribution >= 0.6 is 50.2 Å². The van der Waals surface area contributed by atoms with E-state index in [1.165, 1.54) is 61.5 Å². The van der Waals surface area contributed by atoms with Gasteiger partial charge in [0.05, 0.1) is 8.12 Å². The van der Waals surface area contributed by atoms with Gasteiger partial charge in [-0.1, -0.05) is 11.6 Å². The Kier molecular flexibility index (Phi) is 4.42. The monoisotopic (exact) mass is 386 g/mol. The highest BCUT2D eigenvalue weighted by molar-refractivity contribution is 9.11. The number of allylic oxidation sites excluding steroid dienone is 2. The summed E-state index contributed by atoms with van der Waals surface area (Å²) in [5.41, 5.74) is 5.85. The maximum Gasteiger partial charge on any atom is 0.0937 e. The fourth-order valence-electron chi connectivity index (χ4n) is 2.99. The van der Waals surface area contributed by atoms with Crippen molar-refractivity contribution in [2.75, 3.05) is 0 Å². The van der Waals surface area contributed by atoms with E-state index < -0.39 is 0 Å². The van der Waals surface area contributed by atoms with Crippen LogP contribution < -0.4 is 0 Å². The second-order valence-corrected chi connectivity index (χ2v) is 9.73. The lowest BCUT2D eigenvalue weighted by Crippen LogP contribution is -1.99. The molecule has 0 saturated carbocycles. The summed E-state index contributed by atoms with van der Waals surface area (Å²) in [5.74, 6) is 0. The van der Waals surface area contributed by atoms with Crippen LogP contribution in [0.3, 0.4) is 0 Å². The van der Waals surface area contributed by atoms with Gasteiger partial charge in [-0.3, -0.25) is 0 Å². The maximum absolute atomic E-state index is 6.20. The Balaban J connectivity index is 2.17. The Morgan fingerprint density at radius 3 is 1.95 bits per heavy atom. The molecule has 0 saturated heterocycles. The average Bonchev–Trinajstić information content (AvgIpc) is 2.91. The first kappa shape index (κ1) is 14.8.